The van der Waals surface area contributed by atoms with Gasteiger partial charge < -0.3 is 20.1 Å². The van der Waals surface area contributed by atoms with Gasteiger partial charge in [0.15, 0.2) is 0 Å². The van der Waals surface area contributed by atoms with Crippen LogP contribution >= 0.6 is 0 Å². The van der Waals surface area contributed by atoms with Crippen LogP contribution in [0.15, 0.2) is 48.5 Å². The van der Waals surface area contributed by atoms with E-state index >= 15 is 0 Å². The Labute approximate surface area is 157 Å². The molecule has 0 atom stereocenters. The van der Waals surface area contributed by atoms with Crippen LogP contribution in [0.3, 0.4) is 0 Å². The molecular formula is C20H24F2N2O3. The minimum Gasteiger partial charge on any atom is -0.494 e. The van der Waals surface area contributed by atoms with E-state index in [-0.39, 0.29) is 12.6 Å². The summed E-state index contributed by atoms with van der Waals surface area (Å²) in [5, 5.41) is 5.50. The Bertz CT molecular complexity index is 726. The van der Waals surface area contributed by atoms with Gasteiger partial charge in [-0.05, 0) is 41.8 Å². The fourth-order valence-corrected chi connectivity index (χ4v) is 2.30. The number of nitrogens with one attached hydrogen (secondary N) is 2. The zero-order valence-electron chi connectivity index (χ0n) is 15.2. The number of carbonyl (C=O) groups excluding carboxylic acids is 1. The molecule has 0 aliphatic carbocycles. The summed E-state index contributed by atoms with van der Waals surface area (Å²) in [4.78, 5) is 12.0. The zero-order chi connectivity index (χ0) is 19.5. The summed E-state index contributed by atoms with van der Waals surface area (Å²) in [5.41, 5.74) is 1.69. The Balaban J connectivity index is 1.77. The Morgan fingerprint density at radius 3 is 2.04 bits per heavy atom. The van der Waals surface area contributed by atoms with Gasteiger partial charge in [-0.15, -0.1) is 0 Å². The van der Waals surface area contributed by atoms with Crippen LogP contribution in [0.5, 0.6) is 11.5 Å². The van der Waals surface area contributed by atoms with E-state index in [0.717, 1.165) is 23.3 Å². The number of amides is 2. The molecule has 0 aliphatic heterocycles. The van der Waals surface area contributed by atoms with Gasteiger partial charge in [0, 0.05) is 13.1 Å². The molecule has 0 saturated carbocycles. The lowest BCUT2D eigenvalue weighted by Crippen LogP contribution is -2.34. The van der Waals surface area contributed by atoms with Gasteiger partial charge in [-0.1, -0.05) is 31.2 Å². The van der Waals surface area contributed by atoms with Crippen LogP contribution in [0.25, 0.3) is 0 Å². The van der Waals surface area contributed by atoms with Gasteiger partial charge in [0.25, 0.3) is 6.43 Å². The molecule has 2 N–H and O–H groups in total. The number of alkyl halides is 2. The van der Waals surface area contributed by atoms with E-state index in [1.807, 2.05) is 31.2 Å². The average Bonchev–Trinajstić information content (AvgIpc) is 2.68. The standard InChI is InChI=1S/C20H24F2N2O3/c1-2-9-26-17-7-3-5-15(10-17)12-23-20(25)24-13-16-6-4-8-18(11-16)27-14-19(21)22/h3-8,10-11,19H,2,9,12-14H2,1H3,(H2,23,24,25). The largest absolute Gasteiger partial charge is 0.494 e. The third-order valence-electron chi connectivity index (χ3n) is 3.55. The number of rotatable bonds is 10. The van der Waals surface area contributed by atoms with Crippen molar-refractivity contribution in [2.24, 2.45) is 0 Å². The van der Waals surface area contributed by atoms with Crippen molar-refractivity contribution >= 4 is 6.03 Å². The Hall–Kier alpha value is -2.83. The highest BCUT2D eigenvalue weighted by molar-refractivity contribution is 5.73. The smallest absolute Gasteiger partial charge is 0.315 e. The van der Waals surface area contributed by atoms with E-state index < -0.39 is 13.0 Å². The first-order chi connectivity index (χ1) is 13.1. The van der Waals surface area contributed by atoms with Crippen molar-refractivity contribution in [3.05, 3.63) is 59.7 Å². The lowest BCUT2D eigenvalue weighted by molar-refractivity contribution is 0.0818. The first kappa shape index (κ1) is 20.5. The second-order valence-electron chi connectivity index (χ2n) is 5.88. The molecule has 27 heavy (non-hydrogen) atoms. The number of urea groups is 1. The maximum absolute atomic E-state index is 12.2. The van der Waals surface area contributed by atoms with Crippen molar-refractivity contribution in [1.29, 1.82) is 0 Å². The molecule has 0 unspecified atom stereocenters. The van der Waals surface area contributed by atoms with Crippen molar-refractivity contribution in [2.75, 3.05) is 13.2 Å². The molecule has 146 valence electrons. The van der Waals surface area contributed by atoms with Gasteiger partial charge in [0.05, 0.1) is 6.61 Å². The fraction of sp³-hybridized carbons (Fsp3) is 0.350. The van der Waals surface area contributed by atoms with E-state index in [1.54, 1.807) is 24.3 Å². The molecule has 5 nitrogen and oxygen atoms in total. The third kappa shape index (κ3) is 7.94. The van der Waals surface area contributed by atoms with Crippen molar-refractivity contribution in [3.63, 3.8) is 0 Å². The Morgan fingerprint density at radius 2 is 1.52 bits per heavy atom. The predicted molar refractivity (Wildman–Crippen MR) is 99.2 cm³/mol. The molecule has 0 saturated heterocycles. The monoisotopic (exact) mass is 378 g/mol. The maximum Gasteiger partial charge on any atom is 0.315 e. The second kappa shape index (κ2) is 11.0. The minimum atomic E-state index is -2.52. The topological polar surface area (TPSA) is 59.6 Å². The van der Waals surface area contributed by atoms with Crippen LogP contribution < -0.4 is 20.1 Å². The molecule has 2 amide bonds. The third-order valence-corrected chi connectivity index (χ3v) is 3.55. The highest BCUT2D eigenvalue weighted by Crippen LogP contribution is 2.15. The SMILES string of the molecule is CCCOc1cccc(CNC(=O)NCc2cccc(OCC(F)F)c2)c1. The highest BCUT2D eigenvalue weighted by atomic mass is 19.3. The van der Waals surface area contributed by atoms with Crippen LogP contribution in [0.2, 0.25) is 0 Å². The van der Waals surface area contributed by atoms with Gasteiger partial charge in [-0.25, -0.2) is 13.6 Å². The van der Waals surface area contributed by atoms with Crippen molar-refractivity contribution in [3.8, 4) is 11.5 Å². The summed E-state index contributed by atoms with van der Waals surface area (Å²) in [6.45, 7) is 2.66. The van der Waals surface area contributed by atoms with Crippen LogP contribution in [0, 0.1) is 0 Å². The molecule has 0 bridgehead atoms. The van der Waals surface area contributed by atoms with E-state index in [2.05, 4.69) is 10.6 Å². The van der Waals surface area contributed by atoms with Crippen LogP contribution in [0.4, 0.5) is 13.6 Å². The van der Waals surface area contributed by atoms with Crippen LogP contribution in [-0.4, -0.2) is 25.7 Å². The number of benzene rings is 2. The van der Waals surface area contributed by atoms with Crippen molar-refractivity contribution in [1.82, 2.24) is 10.6 Å². The van der Waals surface area contributed by atoms with E-state index in [0.29, 0.717) is 18.9 Å². The summed E-state index contributed by atoms with van der Waals surface area (Å²) >= 11 is 0. The van der Waals surface area contributed by atoms with Gasteiger partial charge in [-0.3, -0.25) is 0 Å². The van der Waals surface area contributed by atoms with Gasteiger partial charge in [-0.2, -0.15) is 0 Å². The summed E-state index contributed by atoms with van der Waals surface area (Å²) in [6.07, 6.45) is -1.59. The van der Waals surface area contributed by atoms with Gasteiger partial charge in [0.1, 0.15) is 18.1 Å². The van der Waals surface area contributed by atoms with Crippen LogP contribution in [-0.2, 0) is 13.1 Å². The second-order valence-corrected chi connectivity index (χ2v) is 5.88. The predicted octanol–water partition coefficient (Wildman–Crippen LogP) is 4.12. The molecule has 0 aliphatic rings. The molecule has 0 spiro atoms. The molecule has 0 radical (unpaired) electrons. The number of carbonyl (C=O) groups is 1. The minimum absolute atomic E-state index is 0.261. The molecule has 0 heterocycles. The zero-order valence-corrected chi connectivity index (χ0v) is 15.2. The molecule has 0 fully saturated rings. The maximum atomic E-state index is 12.2. The summed E-state index contributed by atoms with van der Waals surface area (Å²) < 4.78 is 34.9. The first-order valence-electron chi connectivity index (χ1n) is 8.80. The first-order valence-corrected chi connectivity index (χ1v) is 8.80. The van der Waals surface area contributed by atoms with E-state index in [4.69, 9.17) is 9.47 Å². The number of halogens is 2. The molecule has 0 aromatic heterocycles. The van der Waals surface area contributed by atoms with Crippen molar-refractivity contribution < 1.29 is 23.0 Å². The van der Waals surface area contributed by atoms with Crippen molar-refractivity contribution in [2.45, 2.75) is 32.9 Å². The lowest BCUT2D eigenvalue weighted by atomic mass is 10.2. The van der Waals surface area contributed by atoms with Gasteiger partial charge >= 0.3 is 6.03 Å². The van der Waals surface area contributed by atoms with Crippen LogP contribution in [0.1, 0.15) is 24.5 Å². The quantitative estimate of drug-likeness (QED) is 0.654. The normalized spacial score (nSPS) is 10.5. The van der Waals surface area contributed by atoms with Gasteiger partial charge in [0.2, 0.25) is 0 Å². The summed E-state index contributed by atoms with van der Waals surface area (Å²) in [6, 6.07) is 13.9. The molecular weight excluding hydrogens is 354 g/mol. The number of ether oxygens (including phenoxy) is 2. The highest BCUT2D eigenvalue weighted by Gasteiger charge is 2.05. The Morgan fingerprint density at radius 1 is 0.963 bits per heavy atom. The summed E-state index contributed by atoms with van der Waals surface area (Å²) in [5.74, 6) is 1.12. The van der Waals surface area contributed by atoms with E-state index in [9.17, 15) is 13.6 Å². The lowest BCUT2D eigenvalue weighted by Gasteiger charge is -2.11. The fourth-order valence-electron chi connectivity index (χ4n) is 2.30. The number of hydrogen-bond donors (Lipinski definition) is 2. The average molecular weight is 378 g/mol. The van der Waals surface area contributed by atoms with E-state index in [1.165, 1.54) is 0 Å². The Kier molecular flexibility index (Phi) is 8.35. The molecule has 2 aromatic rings. The molecule has 2 rings (SSSR count). The summed E-state index contributed by atoms with van der Waals surface area (Å²) in [7, 11) is 0. The molecule has 2 aromatic carbocycles. The molecule has 7 heteroatoms. The number of hydrogen-bond acceptors (Lipinski definition) is 3.